The number of epoxide rings is 2. The van der Waals surface area contributed by atoms with Gasteiger partial charge in [0.15, 0.2) is 0 Å². The van der Waals surface area contributed by atoms with E-state index >= 15 is 0 Å². The highest BCUT2D eigenvalue weighted by molar-refractivity contribution is 4.92. The van der Waals surface area contributed by atoms with Gasteiger partial charge in [0.2, 0.25) is 0 Å². The molecule has 2 saturated carbocycles. The fourth-order valence-corrected chi connectivity index (χ4v) is 4.55. The van der Waals surface area contributed by atoms with E-state index in [0.717, 1.165) is 24.9 Å². The van der Waals surface area contributed by atoms with Crippen LogP contribution in [0, 0.1) is 11.8 Å². The topological polar surface area (TPSA) is 40.8 Å². The van der Waals surface area contributed by atoms with E-state index in [1.165, 1.54) is 51.4 Å². The zero-order chi connectivity index (χ0) is 15.8. The van der Waals surface area contributed by atoms with Gasteiger partial charge < -0.3 is 9.47 Å². The van der Waals surface area contributed by atoms with Crippen molar-refractivity contribution in [2.45, 2.75) is 75.8 Å². The van der Waals surface area contributed by atoms with Crippen molar-refractivity contribution in [1.82, 2.24) is 10.1 Å². The molecule has 2 aliphatic heterocycles. The van der Waals surface area contributed by atoms with E-state index in [9.17, 15) is 0 Å². The lowest BCUT2D eigenvalue weighted by atomic mass is 9.87. The minimum absolute atomic E-state index is 0.591. The summed E-state index contributed by atoms with van der Waals surface area (Å²) < 4.78 is 11.2. The Balaban J connectivity index is 1.08. The smallest absolute Gasteiger partial charge is 0.0844 e. The molecule has 0 aromatic rings. The van der Waals surface area contributed by atoms with E-state index in [0.29, 0.717) is 24.4 Å². The Hall–Kier alpha value is -0.200. The Labute approximate surface area is 140 Å². The molecule has 132 valence electrons. The van der Waals surface area contributed by atoms with Crippen molar-refractivity contribution in [1.29, 1.82) is 0 Å². The highest BCUT2D eigenvalue weighted by Gasteiger charge is 2.44. The molecule has 4 fully saturated rings. The van der Waals surface area contributed by atoms with Crippen LogP contribution in [0.2, 0.25) is 0 Å². The maximum atomic E-state index is 5.91. The average Bonchev–Trinajstić information content (AvgIpc) is 3.43. The Morgan fingerprint density at radius 3 is 1.65 bits per heavy atom. The molecule has 2 heterocycles. The minimum atomic E-state index is 0.591. The van der Waals surface area contributed by atoms with Gasteiger partial charge in [-0.25, -0.2) is 4.94 Å². The van der Waals surface area contributed by atoms with E-state index in [1.54, 1.807) is 0 Å². The summed E-state index contributed by atoms with van der Waals surface area (Å²) in [4.78, 5) is 5.91. The minimum Gasteiger partial charge on any atom is -0.370 e. The monoisotopic (exact) mass is 324 g/mol. The van der Waals surface area contributed by atoms with Crippen molar-refractivity contribution < 1.29 is 14.4 Å². The van der Waals surface area contributed by atoms with Crippen LogP contribution in [-0.2, 0) is 14.4 Å². The molecule has 0 N–H and O–H groups in total. The molecule has 23 heavy (non-hydrogen) atoms. The largest absolute Gasteiger partial charge is 0.370 e. The highest BCUT2D eigenvalue weighted by Crippen LogP contribution is 2.41. The predicted octanol–water partition coefficient (Wildman–Crippen LogP) is 2.61. The Morgan fingerprint density at radius 1 is 0.739 bits per heavy atom. The molecule has 0 aromatic carbocycles. The third-order valence-electron chi connectivity index (χ3n) is 6.21. The summed E-state index contributed by atoms with van der Waals surface area (Å²) in [5.41, 5.74) is 0. The quantitative estimate of drug-likeness (QED) is 0.507. The van der Waals surface area contributed by atoms with E-state index in [2.05, 4.69) is 14.1 Å². The molecule has 6 unspecified atom stereocenters. The third kappa shape index (κ3) is 4.45. The van der Waals surface area contributed by atoms with Crippen molar-refractivity contribution >= 4 is 0 Å². The number of fused-ring (bicyclic) bond motifs is 2. The summed E-state index contributed by atoms with van der Waals surface area (Å²) in [7, 11) is 4.11. The van der Waals surface area contributed by atoms with Crippen LogP contribution in [0.25, 0.3) is 0 Å². The number of hydroxylamine groups is 4. The van der Waals surface area contributed by atoms with Crippen LogP contribution in [0.3, 0.4) is 0 Å². The second-order valence-corrected chi connectivity index (χ2v) is 8.15. The van der Waals surface area contributed by atoms with Gasteiger partial charge in [-0.15, -0.1) is 0 Å². The maximum absolute atomic E-state index is 5.91. The molecule has 4 aliphatic rings. The number of hydrogen-bond donors (Lipinski definition) is 0. The van der Waals surface area contributed by atoms with Gasteiger partial charge in [0.05, 0.1) is 24.4 Å². The molecule has 0 amide bonds. The summed E-state index contributed by atoms with van der Waals surface area (Å²) in [5, 5.41) is 4.00. The van der Waals surface area contributed by atoms with Gasteiger partial charge in [0, 0.05) is 27.2 Å². The molecular weight excluding hydrogens is 292 g/mol. The van der Waals surface area contributed by atoms with Crippen molar-refractivity contribution in [3.63, 3.8) is 0 Å². The summed E-state index contributed by atoms with van der Waals surface area (Å²) in [6.07, 6.45) is 12.6. The van der Waals surface area contributed by atoms with Crippen molar-refractivity contribution in [3.05, 3.63) is 0 Å². The highest BCUT2D eigenvalue weighted by atomic mass is 16.8. The molecule has 5 nitrogen and oxygen atoms in total. The lowest BCUT2D eigenvalue weighted by molar-refractivity contribution is -0.306. The fourth-order valence-electron chi connectivity index (χ4n) is 4.55. The third-order valence-corrected chi connectivity index (χ3v) is 6.21. The van der Waals surface area contributed by atoms with Crippen LogP contribution in [0.5, 0.6) is 0 Å². The summed E-state index contributed by atoms with van der Waals surface area (Å²) in [5.74, 6) is 1.65. The van der Waals surface area contributed by atoms with Gasteiger partial charge in [0.25, 0.3) is 0 Å². The van der Waals surface area contributed by atoms with Gasteiger partial charge in [-0.2, -0.15) is 10.1 Å². The summed E-state index contributed by atoms with van der Waals surface area (Å²) in [6, 6.07) is 0. The number of nitrogens with zero attached hydrogens (tertiary/aromatic N) is 2. The Kier molecular flexibility index (Phi) is 4.93. The molecule has 0 radical (unpaired) electrons. The van der Waals surface area contributed by atoms with Crippen LogP contribution in [-0.4, -0.2) is 61.7 Å². The lowest BCUT2D eigenvalue weighted by Crippen LogP contribution is -2.33. The number of ether oxygens (including phenoxy) is 2. The normalized spacial score (nSPS) is 41.7. The van der Waals surface area contributed by atoms with Gasteiger partial charge >= 0.3 is 0 Å². The molecule has 5 heteroatoms. The van der Waals surface area contributed by atoms with Crippen LogP contribution in [0.1, 0.15) is 51.4 Å². The van der Waals surface area contributed by atoms with Crippen LogP contribution in [0.4, 0.5) is 0 Å². The van der Waals surface area contributed by atoms with E-state index < -0.39 is 0 Å². The molecule has 4 rings (SSSR count). The van der Waals surface area contributed by atoms with Crippen LogP contribution in [0.15, 0.2) is 0 Å². The van der Waals surface area contributed by atoms with E-state index in [1.807, 2.05) is 10.1 Å². The number of rotatable bonds is 8. The average molecular weight is 324 g/mol. The molecule has 0 aromatic heterocycles. The van der Waals surface area contributed by atoms with Crippen molar-refractivity contribution in [2.75, 3.05) is 27.2 Å². The molecule has 0 spiro atoms. The van der Waals surface area contributed by atoms with E-state index in [-0.39, 0.29) is 0 Å². The SMILES string of the molecule is CN(CCC1CCC2OC2C1)ON(C)CCC1CCC2OC2C1. The molecular formula is C18H32N2O3. The second-order valence-electron chi connectivity index (χ2n) is 8.15. The fraction of sp³-hybridized carbons (Fsp3) is 1.00. The van der Waals surface area contributed by atoms with Crippen LogP contribution >= 0.6 is 0 Å². The lowest BCUT2D eigenvalue weighted by Gasteiger charge is -2.27. The van der Waals surface area contributed by atoms with E-state index in [4.69, 9.17) is 14.4 Å². The first-order chi connectivity index (χ1) is 11.2. The zero-order valence-corrected chi connectivity index (χ0v) is 14.7. The molecule has 0 bridgehead atoms. The Bertz CT molecular complexity index is 372. The summed E-state index contributed by atoms with van der Waals surface area (Å²) >= 11 is 0. The zero-order valence-electron chi connectivity index (χ0n) is 14.7. The first-order valence-corrected chi connectivity index (χ1v) is 9.58. The summed E-state index contributed by atoms with van der Waals surface area (Å²) in [6.45, 7) is 2.01. The van der Waals surface area contributed by atoms with Crippen molar-refractivity contribution in [2.24, 2.45) is 11.8 Å². The molecule has 2 saturated heterocycles. The maximum Gasteiger partial charge on any atom is 0.0844 e. The first-order valence-electron chi connectivity index (χ1n) is 9.58. The van der Waals surface area contributed by atoms with Gasteiger partial charge in [-0.3, -0.25) is 0 Å². The predicted molar refractivity (Wildman–Crippen MR) is 87.6 cm³/mol. The van der Waals surface area contributed by atoms with Crippen LogP contribution < -0.4 is 0 Å². The second kappa shape index (κ2) is 6.96. The molecule has 2 aliphatic carbocycles. The van der Waals surface area contributed by atoms with Crippen molar-refractivity contribution in [3.8, 4) is 0 Å². The molecule has 6 atom stereocenters. The standard InChI is InChI=1S/C18H32N2O3/c1-19(9-7-13-3-5-15-17(11-13)21-15)23-20(2)10-8-14-4-6-16-18(12-14)22-16/h13-18H,3-12H2,1-2H3. The van der Waals surface area contributed by atoms with Gasteiger partial charge in [0.1, 0.15) is 0 Å². The Morgan fingerprint density at radius 2 is 1.22 bits per heavy atom. The number of hydrogen-bond acceptors (Lipinski definition) is 5. The van der Waals surface area contributed by atoms with Gasteiger partial charge in [-0.05, 0) is 63.2 Å². The first kappa shape index (κ1) is 16.3. The van der Waals surface area contributed by atoms with Gasteiger partial charge in [-0.1, -0.05) is 0 Å².